The van der Waals surface area contributed by atoms with Crippen molar-refractivity contribution in [1.82, 2.24) is 0 Å². The first-order valence-corrected chi connectivity index (χ1v) is 8.63. The molecule has 0 aliphatic heterocycles. The highest BCUT2D eigenvalue weighted by Gasteiger charge is 2.19. The maximum absolute atomic E-state index is 9.78. The Bertz CT molecular complexity index is 703. The normalized spacial score (nSPS) is 10.5. The Morgan fingerprint density at radius 2 is 1.52 bits per heavy atom. The molecular weight excluding hydrogens is 540 g/mol. The lowest BCUT2D eigenvalue weighted by Crippen LogP contribution is -1.93. The average molecular weight is 548 g/mol. The number of halogens is 4. The van der Waals surface area contributed by atoms with Crippen LogP contribution in [0.15, 0.2) is 36.1 Å². The summed E-state index contributed by atoms with van der Waals surface area (Å²) in [6.45, 7) is 0. The maximum atomic E-state index is 9.78. The molecule has 0 saturated heterocycles. The van der Waals surface area contributed by atoms with Crippen molar-refractivity contribution in [3.8, 4) is 28.7 Å². The van der Waals surface area contributed by atoms with Crippen LogP contribution in [-0.2, 0) is 0 Å². The van der Waals surface area contributed by atoms with Crippen molar-refractivity contribution in [3.05, 3.63) is 36.1 Å². The molecule has 2 aromatic rings. The number of phenols is 2. The van der Waals surface area contributed by atoms with Gasteiger partial charge in [0.25, 0.3) is 0 Å². The van der Waals surface area contributed by atoms with Gasteiger partial charge in [0.15, 0.2) is 28.7 Å². The summed E-state index contributed by atoms with van der Waals surface area (Å²) in [4.78, 5) is 0. The Morgan fingerprint density at radius 1 is 0.905 bits per heavy atom. The Kier molecular flexibility index (Phi) is 5.45. The first kappa shape index (κ1) is 16.9. The van der Waals surface area contributed by atoms with Gasteiger partial charge >= 0.3 is 0 Å². The Labute approximate surface area is 154 Å². The van der Waals surface area contributed by atoms with E-state index in [2.05, 4.69) is 63.7 Å². The molecule has 0 spiro atoms. The van der Waals surface area contributed by atoms with Crippen molar-refractivity contribution in [2.75, 3.05) is 7.11 Å². The van der Waals surface area contributed by atoms with E-state index in [0.717, 1.165) is 4.47 Å². The van der Waals surface area contributed by atoms with Gasteiger partial charge in [-0.15, -0.1) is 0 Å². The number of methoxy groups -OCH3 is 1. The van der Waals surface area contributed by atoms with E-state index in [9.17, 15) is 10.2 Å². The lowest BCUT2D eigenvalue weighted by molar-refractivity contribution is 0.369. The van der Waals surface area contributed by atoms with Crippen molar-refractivity contribution in [3.63, 3.8) is 0 Å². The van der Waals surface area contributed by atoms with E-state index in [1.165, 1.54) is 13.2 Å². The topological polar surface area (TPSA) is 58.9 Å². The van der Waals surface area contributed by atoms with Gasteiger partial charge in [0.2, 0.25) is 0 Å². The van der Waals surface area contributed by atoms with Gasteiger partial charge in [-0.25, -0.2) is 0 Å². The fraction of sp³-hybridized carbons (Fsp3) is 0.0769. The molecule has 4 nitrogen and oxygen atoms in total. The molecule has 0 atom stereocenters. The second-order valence-electron chi connectivity index (χ2n) is 3.89. The molecule has 0 unspecified atom stereocenters. The monoisotopic (exact) mass is 544 g/mol. The molecule has 2 rings (SSSR count). The molecule has 0 heterocycles. The maximum Gasteiger partial charge on any atom is 0.175 e. The van der Waals surface area contributed by atoms with Crippen LogP contribution in [0.1, 0.15) is 0 Å². The quantitative estimate of drug-likeness (QED) is 0.467. The molecule has 0 fully saturated rings. The highest BCUT2D eigenvalue weighted by molar-refractivity contribution is 9.11. The summed E-state index contributed by atoms with van der Waals surface area (Å²) in [5.41, 5.74) is 0. The summed E-state index contributed by atoms with van der Waals surface area (Å²) >= 11 is 13.2. The van der Waals surface area contributed by atoms with Gasteiger partial charge in [0, 0.05) is 10.5 Å². The zero-order valence-corrected chi connectivity index (χ0v) is 16.8. The van der Waals surface area contributed by atoms with Gasteiger partial charge < -0.3 is 19.7 Å². The Hall–Kier alpha value is -0.440. The van der Waals surface area contributed by atoms with Gasteiger partial charge in [-0.2, -0.15) is 0 Å². The van der Waals surface area contributed by atoms with Crippen LogP contribution in [-0.4, -0.2) is 17.3 Å². The number of aromatic hydroxyl groups is 2. The molecule has 0 aliphatic carbocycles. The Balaban J connectivity index is 2.56. The van der Waals surface area contributed by atoms with E-state index in [-0.39, 0.29) is 16.0 Å². The minimum absolute atomic E-state index is 0.229. The van der Waals surface area contributed by atoms with E-state index in [1.807, 2.05) is 6.07 Å². The molecule has 0 amide bonds. The summed E-state index contributed by atoms with van der Waals surface area (Å²) in [5, 5.41) is 19.3. The highest BCUT2D eigenvalue weighted by atomic mass is 79.9. The van der Waals surface area contributed by atoms with E-state index in [1.54, 1.807) is 6.07 Å². The first-order valence-electron chi connectivity index (χ1n) is 5.46. The SMILES string of the molecule is COc1c(Br)cc(Br)cc1Oc1c(Br)cc(O)c(O)c1Br. The molecule has 2 aromatic carbocycles. The molecule has 0 saturated carbocycles. The number of benzene rings is 2. The molecule has 21 heavy (non-hydrogen) atoms. The lowest BCUT2D eigenvalue weighted by Gasteiger charge is -2.15. The van der Waals surface area contributed by atoms with Crippen LogP contribution in [0.2, 0.25) is 0 Å². The van der Waals surface area contributed by atoms with Gasteiger partial charge in [0.05, 0.1) is 16.1 Å². The van der Waals surface area contributed by atoms with Gasteiger partial charge in [-0.05, 0) is 59.9 Å². The lowest BCUT2D eigenvalue weighted by atomic mass is 10.3. The molecule has 112 valence electrons. The van der Waals surface area contributed by atoms with Crippen LogP contribution < -0.4 is 9.47 Å². The van der Waals surface area contributed by atoms with Crippen LogP contribution in [0.25, 0.3) is 0 Å². The van der Waals surface area contributed by atoms with Crippen LogP contribution in [0.3, 0.4) is 0 Å². The van der Waals surface area contributed by atoms with Crippen molar-refractivity contribution in [2.24, 2.45) is 0 Å². The van der Waals surface area contributed by atoms with E-state index >= 15 is 0 Å². The van der Waals surface area contributed by atoms with Gasteiger partial charge in [0.1, 0.15) is 4.47 Å². The van der Waals surface area contributed by atoms with Crippen molar-refractivity contribution in [2.45, 2.75) is 0 Å². The zero-order valence-electron chi connectivity index (χ0n) is 10.5. The van der Waals surface area contributed by atoms with Crippen molar-refractivity contribution < 1.29 is 19.7 Å². The fourth-order valence-electron chi connectivity index (χ4n) is 1.59. The second kappa shape index (κ2) is 6.76. The van der Waals surface area contributed by atoms with Crippen molar-refractivity contribution >= 4 is 63.7 Å². The highest BCUT2D eigenvalue weighted by Crippen LogP contribution is 2.49. The number of hydrogen-bond acceptors (Lipinski definition) is 4. The summed E-state index contributed by atoms with van der Waals surface area (Å²) in [6.07, 6.45) is 0. The fourth-order valence-corrected chi connectivity index (χ4v) is 4.20. The summed E-state index contributed by atoms with van der Waals surface area (Å²) in [5.74, 6) is 0.688. The minimum atomic E-state index is -0.304. The van der Waals surface area contributed by atoms with Crippen molar-refractivity contribution in [1.29, 1.82) is 0 Å². The molecule has 2 N–H and O–H groups in total. The van der Waals surface area contributed by atoms with E-state index in [0.29, 0.717) is 26.2 Å². The number of hydrogen-bond donors (Lipinski definition) is 2. The van der Waals surface area contributed by atoms with E-state index in [4.69, 9.17) is 9.47 Å². The third-order valence-corrected chi connectivity index (χ3v) is 4.89. The largest absolute Gasteiger partial charge is 0.504 e. The predicted molar refractivity (Wildman–Crippen MR) is 93.6 cm³/mol. The average Bonchev–Trinajstić information content (AvgIpc) is 2.41. The molecular formula is C13H8Br4O4. The van der Waals surface area contributed by atoms with Crippen LogP contribution in [0.5, 0.6) is 28.7 Å². The standard InChI is InChI=1S/C13H8Br4O4/c1-20-12-6(15)2-5(14)3-9(12)21-13-7(16)4-8(18)11(19)10(13)17/h2-4,18-19H,1H3. The predicted octanol–water partition coefficient (Wildman–Crippen LogP) is 5.95. The van der Waals surface area contributed by atoms with E-state index < -0.39 is 0 Å². The van der Waals surface area contributed by atoms with Crippen LogP contribution in [0.4, 0.5) is 0 Å². The second-order valence-corrected chi connectivity index (χ2v) is 7.31. The summed E-state index contributed by atoms with van der Waals surface area (Å²) < 4.78 is 13.3. The number of ether oxygens (including phenoxy) is 2. The van der Waals surface area contributed by atoms with Crippen LogP contribution >= 0.6 is 63.7 Å². The molecule has 0 radical (unpaired) electrons. The summed E-state index contributed by atoms with van der Waals surface area (Å²) in [7, 11) is 1.53. The zero-order chi connectivity index (χ0) is 15.7. The van der Waals surface area contributed by atoms with Crippen LogP contribution in [0, 0.1) is 0 Å². The third kappa shape index (κ3) is 3.49. The molecule has 0 aromatic heterocycles. The van der Waals surface area contributed by atoms with Gasteiger partial charge in [-0.3, -0.25) is 0 Å². The number of phenolic OH excluding ortho intramolecular Hbond substituents is 2. The molecule has 8 heteroatoms. The Morgan fingerprint density at radius 3 is 2.14 bits per heavy atom. The van der Waals surface area contributed by atoms with Gasteiger partial charge in [-0.1, -0.05) is 15.9 Å². The molecule has 0 aliphatic rings. The summed E-state index contributed by atoms with van der Waals surface area (Å²) in [6, 6.07) is 4.89. The minimum Gasteiger partial charge on any atom is -0.504 e. The third-order valence-electron chi connectivity index (χ3n) is 2.52. The molecule has 0 bridgehead atoms. The first-order chi connectivity index (χ1) is 9.85. The number of rotatable bonds is 3. The smallest absolute Gasteiger partial charge is 0.175 e.